The maximum atomic E-state index is 14.2. The third-order valence-corrected chi connectivity index (χ3v) is 6.10. The zero-order valence-corrected chi connectivity index (χ0v) is 22.6. The van der Waals surface area contributed by atoms with Gasteiger partial charge in [0.05, 0.1) is 0 Å². The van der Waals surface area contributed by atoms with E-state index in [-0.39, 0.29) is 29.9 Å². The third-order valence-electron chi connectivity index (χ3n) is 6.10. The molecule has 0 aliphatic heterocycles. The van der Waals surface area contributed by atoms with Crippen molar-refractivity contribution in [2.75, 3.05) is 6.54 Å². The Morgan fingerprint density at radius 3 is 2.32 bits per heavy atom. The molecule has 9 heteroatoms. The lowest BCUT2D eigenvalue weighted by Crippen LogP contribution is -2.54. The molecule has 9 nitrogen and oxygen atoms in total. The monoisotopic (exact) mass is 525 g/mol. The molecule has 206 valence electrons. The Hall–Kier alpha value is -3.75. The molecule has 0 heterocycles. The summed E-state index contributed by atoms with van der Waals surface area (Å²) in [5.74, 6) is -0.691. The lowest BCUT2D eigenvalue weighted by molar-refractivity contribution is -0.143. The summed E-state index contributed by atoms with van der Waals surface area (Å²) < 4.78 is 5.43. The number of hydrogen-bond acceptors (Lipinski definition) is 6. The van der Waals surface area contributed by atoms with Crippen molar-refractivity contribution >= 4 is 17.9 Å². The minimum atomic E-state index is -1.03. The van der Waals surface area contributed by atoms with E-state index >= 15 is 0 Å². The second-order valence-electron chi connectivity index (χ2n) is 10.7. The molecule has 0 aromatic heterocycles. The van der Waals surface area contributed by atoms with Gasteiger partial charge >= 0.3 is 6.09 Å². The molecule has 1 aliphatic carbocycles. The van der Waals surface area contributed by atoms with Crippen molar-refractivity contribution in [2.45, 2.75) is 83.5 Å². The Kier molecular flexibility index (Phi) is 9.61. The number of carbonyl (C=O) groups excluding carboxylic acids is 3. The van der Waals surface area contributed by atoms with E-state index in [4.69, 9.17) is 4.74 Å². The van der Waals surface area contributed by atoms with Gasteiger partial charge in [0.1, 0.15) is 29.2 Å². The van der Waals surface area contributed by atoms with E-state index in [1.165, 1.54) is 24.3 Å². The number of amides is 3. The van der Waals surface area contributed by atoms with Crippen molar-refractivity contribution in [3.63, 3.8) is 0 Å². The molecule has 3 amide bonds. The molecule has 2 aromatic carbocycles. The summed E-state index contributed by atoms with van der Waals surface area (Å²) in [5.41, 5.74) is 0.435. The smallest absolute Gasteiger partial charge is 0.408 e. The SMILES string of the molecule is CCCCNC(=O)C(c1cccc(O)c1)N(C(=O)C(Cc1ccc(O)cc1)NC(=O)OC(C)(C)C)C1CC1. The number of benzene rings is 2. The van der Waals surface area contributed by atoms with Crippen LogP contribution in [0, 0.1) is 0 Å². The Morgan fingerprint density at radius 2 is 1.74 bits per heavy atom. The van der Waals surface area contributed by atoms with Crippen molar-refractivity contribution in [2.24, 2.45) is 0 Å². The fraction of sp³-hybridized carbons (Fsp3) is 0.483. The van der Waals surface area contributed by atoms with Gasteiger partial charge in [-0.15, -0.1) is 0 Å². The first-order chi connectivity index (χ1) is 18.0. The molecular formula is C29H39N3O6. The van der Waals surface area contributed by atoms with Crippen LogP contribution in [-0.2, 0) is 20.7 Å². The number of aromatic hydroxyl groups is 2. The van der Waals surface area contributed by atoms with Crippen LogP contribution in [0.4, 0.5) is 4.79 Å². The number of rotatable bonds is 11. The topological polar surface area (TPSA) is 128 Å². The second kappa shape index (κ2) is 12.7. The van der Waals surface area contributed by atoms with Crippen LogP contribution in [0.5, 0.6) is 11.5 Å². The Morgan fingerprint density at radius 1 is 1.05 bits per heavy atom. The molecule has 2 aromatic rings. The molecular weight excluding hydrogens is 486 g/mol. The highest BCUT2D eigenvalue weighted by Gasteiger charge is 2.44. The van der Waals surface area contributed by atoms with Gasteiger partial charge in [0, 0.05) is 19.0 Å². The van der Waals surface area contributed by atoms with Crippen LogP contribution in [0.15, 0.2) is 48.5 Å². The summed E-state index contributed by atoms with van der Waals surface area (Å²) in [5, 5.41) is 25.5. The fourth-order valence-electron chi connectivity index (χ4n) is 4.19. The molecule has 0 saturated heterocycles. The average Bonchev–Trinajstić information content (AvgIpc) is 3.67. The molecule has 2 atom stereocenters. The summed E-state index contributed by atoms with van der Waals surface area (Å²) in [6, 6.07) is 10.5. The number of hydrogen-bond donors (Lipinski definition) is 4. The highest BCUT2D eigenvalue weighted by atomic mass is 16.6. The quantitative estimate of drug-likeness (QED) is 0.326. The van der Waals surface area contributed by atoms with E-state index in [0.29, 0.717) is 17.7 Å². The van der Waals surface area contributed by atoms with E-state index in [1.807, 2.05) is 6.92 Å². The number of phenols is 2. The summed E-state index contributed by atoms with van der Waals surface area (Å²) >= 11 is 0. The lowest BCUT2D eigenvalue weighted by Gasteiger charge is -2.35. The highest BCUT2D eigenvalue weighted by molar-refractivity contribution is 5.92. The molecule has 0 spiro atoms. The lowest BCUT2D eigenvalue weighted by atomic mass is 9.99. The van der Waals surface area contributed by atoms with Gasteiger partial charge in [-0.1, -0.05) is 37.6 Å². The molecule has 1 saturated carbocycles. The first-order valence-electron chi connectivity index (χ1n) is 13.1. The molecule has 1 fully saturated rings. The van der Waals surface area contributed by atoms with E-state index in [9.17, 15) is 24.6 Å². The Balaban J connectivity index is 1.98. The maximum absolute atomic E-state index is 14.2. The Bertz CT molecular complexity index is 1110. The molecule has 38 heavy (non-hydrogen) atoms. The van der Waals surface area contributed by atoms with Crippen molar-refractivity contribution in [3.05, 3.63) is 59.7 Å². The minimum absolute atomic E-state index is 0.00965. The first-order valence-corrected chi connectivity index (χ1v) is 13.1. The van der Waals surface area contributed by atoms with Crippen LogP contribution in [0.1, 0.15) is 70.5 Å². The van der Waals surface area contributed by atoms with E-state index in [2.05, 4.69) is 10.6 Å². The second-order valence-corrected chi connectivity index (χ2v) is 10.7. The van der Waals surface area contributed by atoms with E-state index in [0.717, 1.165) is 25.7 Å². The summed E-state index contributed by atoms with van der Waals surface area (Å²) in [6.45, 7) is 7.69. The zero-order chi connectivity index (χ0) is 27.9. The predicted octanol–water partition coefficient (Wildman–Crippen LogP) is 4.18. The third kappa shape index (κ3) is 8.39. The van der Waals surface area contributed by atoms with E-state index in [1.54, 1.807) is 49.9 Å². The summed E-state index contributed by atoms with van der Waals surface area (Å²) in [7, 11) is 0. The number of ether oxygens (including phenoxy) is 1. The van der Waals surface area contributed by atoms with Crippen molar-refractivity contribution in [3.8, 4) is 11.5 Å². The van der Waals surface area contributed by atoms with Crippen LogP contribution in [0.2, 0.25) is 0 Å². The molecule has 2 unspecified atom stereocenters. The standard InChI is InChI=1S/C29H39N3O6/c1-5-6-16-30-26(35)25(20-8-7-9-23(34)18-20)32(21-12-13-21)27(36)24(31-28(37)38-29(2,3)4)17-19-10-14-22(33)15-11-19/h7-11,14-15,18,21,24-25,33-34H,5-6,12-13,16-17H2,1-4H3,(H,30,35)(H,31,37). The largest absolute Gasteiger partial charge is 0.508 e. The van der Waals surface area contributed by atoms with Crippen LogP contribution in [-0.4, -0.2) is 57.3 Å². The van der Waals surface area contributed by atoms with Crippen LogP contribution < -0.4 is 10.6 Å². The van der Waals surface area contributed by atoms with Gasteiger partial charge < -0.3 is 30.5 Å². The van der Waals surface area contributed by atoms with Gasteiger partial charge in [0.2, 0.25) is 11.8 Å². The summed E-state index contributed by atoms with van der Waals surface area (Å²) in [4.78, 5) is 42.0. The van der Waals surface area contributed by atoms with Gasteiger partial charge in [-0.05, 0) is 75.4 Å². The number of phenolic OH excluding ortho intramolecular Hbond substituents is 2. The van der Waals surface area contributed by atoms with E-state index < -0.39 is 29.7 Å². The Labute approximate surface area is 224 Å². The molecule has 1 aliphatic rings. The van der Waals surface area contributed by atoms with Gasteiger partial charge in [-0.2, -0.15) is 0 Å². The number of alkyl carbamates (subject to hydrolysis) is 1. The van der Waals surface area contributed by atoms with Crippen LogP contribution in [0.25, 0.3) is 0 Å². The summed E-state index contributed by atoms with van der Waals surface area (Å²) in [6.07, 6.45) is 2.53. The zero-order valence-electron chi connectivity index (χ0n) is 22.6. The average molecular weight is 526 g/mol. The van der Waals surface area contributed by atoms with Gasteiger partial charge in [0.15, 0.2) is 0 Å². The maximum Gasteiger partial charge on any atom is 0.408 e. The predicted molar refractivity (Wildman–Crippen MR) is 144 cm³/mol. The fourth-order valence-corrected chi connectivity index (χ4v) is 4.19. The number of unbranched alkanes of at least 4 members (excludes halogenated alkanes) is 1. The van der Waals surface area contributed by atoms with Crippen LogP contribution in [0.3, 0.4) is 0 Å². The van der Waals surface area contributed by atoms with Gasteiger partial charge in [-0.25, -0.2) is 4.79 Å². The van der Waals surface area contributed by atoms with Gasteiger partial charge in [-0.3, -0.25) is 9.59 Å². The normalized spacial score (nSPS) is 14.7. The number of nitrogens with one attached hydrogen (secondary N) is 2. The highest BCUT2D eigenvalue weighted by Crippen LogP contribution is 2.36. The molecule has 3 rings (SSSR count). The molecule has 4 N–H and O–H groups in total. The number of carbonyl (C=O) groups is 3. The first kappa shape index (κ1) is 28.8. The van der Waals surface area contributed by atoms with Crippen LogP contribution >= 0.6 is 0 Å². The number of nitrogens with zero attached hydrogens (tertiary/aromatic N) is 1. The minimum Gasteiger partial charge on any atom is -0.508 e. The van der Waals surface area contributed by atoms with Gasteiger partial charge in [0.25, 0.3) is 0 Å². The van der Waals surface area contributed by atoms with Crippen molar-refractivity contribution in [1.82, 2.24) is 15.5 Å². The van der Waals surface area contributed by atoms with Crippen molar-refractivity contribution < 1.29 is 29.3 Å². The molecule has 0 bridgehead atoms. The van der Waals surface area contributed by atoms with Crippen molar-refractivity contribution in [1.29, 1.82) is 0 Å². The molecule has 0 radical (unpaired) electrons.